The molecule has 5 heteroatoms. The summed E-state index contributed by atoms with van der Waals surface area (Å²) in [6, 6.07) is 0. The summed E-state index contributed by atoms with van der Waals surface area (Å²) < 4.78 is 1.39. The molecule has 126 valence electrons. The van der Waals surface area contributed by atoms with Crippen LogP contribution in [0.5, 0.6) is 0 Å². The van der Waals surface area contributed by atoms with Crippen LogP contribution in [0, 0.1) is 35.3 Å². The van der Waals surface area contributed by atoms with Crippen LogP contribution in [0.3, 0.4) is 0 Å². The fourth-order valence-electron chi connectivity index (χ4n) is 1.17. The van der Waals surface area contributed by atoms with Crippen molar-refractivity contribution in [2.24, 2.45) is 17.3 Å². The van der Waals surface area contributed by atoms with Crippen LogP contribution < -0.4 is 0 Å². The van der Waals surface area contributed by atoms with E-state index in [1.807, 2.05) is 0 Å². The van der Waals surface area contributed by atoms with Crippen molar-refractivity contribution in [2.45, 2.75) is 55.4 Å². The average Bonchev–Trinajstić information content (AvgIpc) is 2.22. The summed E-state index contributed by atoms with van der Waals surface area (Å²) in [5, 5.41) is 0. The molecule has 0 saturated carbocycles. The molecule has 0 spiro atoms. The van der Waals surface area contributed by atoms with E-state index in [-0.39, 0.29) is 89.7 Å². The van der Waals surface area contributed by atoms with Gasteiger partial charge in [0, 0.05) is 63.2 Å². The van der Waals surface area contributed by atoms with Gasteiger partial charge in [-0.2, -0.15) is 0 Å². The van der Waals surface area contributed by atoms with Gasteiger partial charge in [-0.3, -0.25) is 0 Å². The monoisotopic (exact) mass is 1150 g/mol. The first-order chi connectivity index (χ1) is 8.09. The molecule has 0 fully saturated rings. The predicted molar refractivity (Wildman–Crippen MR) is 77.6 cm³/mol. The van der Waals surface area contributed by atoms with Crippen molar-refractivity contribution >= 4 is 3.90 Å². The second-order valence-corrected chi connectivity index (χ2v) is 7.73. The molecule has 0 atom stereocenters. The minimum atomic E-state index is 0. The molecule has 0 aliphatic carbocycles. The molecular weight excluding hydrogens is 1120 g/mol. The molecule has 0 radical (unpaired) electrons. The molecule has 0 aromatic carbocycles. The van der Waals surface area contributed by atoms with Gasteiger partial charge in [-0.25, -0.2) is 0 Å². The van der Waals surface area contributed by atoms with E-state index in [4.69, 9.17) is 0 Å². The minimum Gasteiger partial charge on any atom is 0 e. The van der Waals surface area contributed by atoms with E-state index in [1.54, 1.807) is 0 Å². The van der Waals surface area contributed by atoms with Crippen LogP contribution in [-0.4, -0.2) is 3.90 Å². The van der Waals surface area contributed by atoms with Crippen LogP contribution in [-0.2, 0) is 104 Å². The van der Waals surface area contributed by atoms with E-state index in [1.165, 1.54) is 34.7 Å². The molecule has 0 heterocycles. The summed E-state index contributed by atoms with van der Waals surface area (Å²) >= 11 is 1.51. The quantitative estimate of drug-likeness (QED) is 0.267. The molecule has 0 N–H and O–H groups in total. The largest absolute Gasteiger partial charge is 2.00 e. The van der Waals surface area contributed by atoms with Gasteiger partial charge in [0.05, 0.1) is 0 Å². The summed E-state index contributed by atoms with van der Waals surface area (Å²) in [6.07, 6.45) is 9.18. The zero-order valence-electron chi connectivity index (χ0n) is 14.8. The maximum absolute atomic E-state index is 3.62. The number of hydrogen-bond donors (Lipinski definition) is 0. The first-order valence-electron chi connectivity index (χ1n) is 6.67. The summed E-state index contributed by atoms with van der Waals surface area (Å²) in [5.41, 5.74) is 1.33. The first kappa shape index (κ1) is 35.8. The molecular formula is C17H27W5-. The Morgan fingerprint density at radius 1 is 1.05 bits per heavy atom. The van der Waals surface area contributed by atoms with Crippen LogP contribution in [0.2, 0.25) is 0 Å². The van der Waals surface area contributed by atoms with Gasteiger partial charge in [0.25, 0.3) is 0 Å². The molecule has 0 bridgehead atoms. The Hall–Kier alpha value is 2.79. The van der Waals surface area contributed by atoms with E-state index in [0.29, 0.717) is 11.8 Å². The molecule has 0 rings (SSSR count). The number of hydrogen-bond acceptors (Lipinski definition) is 0. The second-order valence-electron chi connectivity index (χ2n) is 6.15. The van der Waals surface area contributed by atoms with E-state index in [0.717, 1.165) is 0 Å². The van der Waals surface area contributed by atoms with Crippen LogP contribution in [0.15, 0.2) is 11.6 Å². The zero-order valence-corrected chi connectivity index (χ0v) is 29.4. The average molecular weight is 1150 g/mol. The van der Waals surface area contributed by atoms with Gasteiger partial charge < -0.3 is 0 Å². The van der Waals surface area contributed by atoms with E-state index < -0.39 is 0 Å². The third-order valence-corrected chi connectivity index (χ3v) is 5.33. The fourth-order valence-corrected chi connectivity index (χ4v) is 1.56. The van der Waals surface area contributed by atoms with Crippen LogP contribution in [0.4, 0.5) is 0 Å². The Labute approximate surface area is 207 Å². The third-order valence-electron chi connectivity index (χ3n) is 3.27. The first-order valence-corrected chi connectivity index (χ1v) is 8.13. The third kappa shape index (κ3) is 14.0. The molecule has 0 aliphatic heterocycles. The second kappa shape index (κ2) is 17.2. The van der Waals surface area contributed by atoms with Crippen LogP contribution in [0.1, 0.15) is 55.4 Å². The van der Waals surface area contributed by atoms with E-state index >= 15 is 0 Å². The number of allylic oxidation sites excluding steroid dienone is 4. The van der Waals surface area contributed by atoms with Crippen molar-refractivity contribution in [2.75, 3.05) is 0 Å². The smallest absolute Gasteiger partial charge is 0 e. The Bertz CT molecular complexity index is 339. The van der Waals surface area contributed by atoms with Gasteiger partial charge >= 0.3 is 147 Å². The molecule has 0 aromatic rings. The molecule has 22 heavy (non-hydrogen) atoms. The van der Waals surface area contributed by atoms with Crippen molar-refractivity contribution in [3.63, 3.8) is 0 Å². The van der Waals surface area contributed by atoms with Crippen molar-refractivity contribution in [1.82, 2.24) is 0 Å². The van der Waals surface area contributed by atoms with Crippen molar-refractivity contribution in [3.05, 3.63) is 29.7 Å². The Balaban J connectivity index is -0.000000241. The fraction of sp³-hybridized carbons (Fsp3) is 0.647. The Kier molecular flexibility index (Phi) is 28.0. The summed E-state index contributed by atoms with van der Waals surface area (Å²) in [5.74, 6) is 2.45. The number of rotatable bonds is 6. The van der Waals surface area contributed by atoms with Crippen LogP contribution in [0.25, 0.3) is 0 Å². The standard InChI is InChI=1S/C17H27.5W/c1-13(2)9-11-16(12-10-14(3)4)17(7,8)15(5)6;;;;;/h11,13-14H,1-8H3;;;;;/q-3;;;;;+2. The Morgan fingerprint density at radius 3 is 1.73 bits per heavy atom. The molecule has 0 aromatic heterocycles. The SMILES string of the molecule is C[C-](C)C(C)(C)C(=[C-][C](=[W])C(C)C)C=[C-]C(C)C.[W+2].[W].[W].[W]. The summed E-state index contributed by atoms with van der Waals surface area (Å²) in [6.45, 7) is 17.7. The van der Waals surface area contributed by atoms with E-state index in [2.05, 4.69) is 73.6 Å². The maximum Gasteiger partial charge on any atom is 2.00 e. The van der Waals surface area contributed by atoms with Gasteiger partial charge in [-0.1, -0.05) is 0 Å². The van der Waals surface area contributed by atoms with Crippen molar-refractivity contribution in [1.29, 1.82) is 0 Å². The molecule has 0 amide bonds. The van der Waals surface area contributed by atoms with E-state index in [9.17, 15) is 0 Å². The molecule has 0 saturated heterocycles. The summed E-state index contributed by atoms with van der Waals surface area (Å²) in [7, 11) is 0. The van der Waals surface area contributed by atoms with Gasteiger partial charge in [-0.05, 0) is 0 Å². The van der Waals surface area contributed by atoms with Gasteiger partial charge in [0.2, 0.25) is 0 Å². The van der Waals surface area contributed by atoms with Gasteiger partial charge in [0.15, 0.2) is 0 Å². The Morgan fingerprint density at radius 2 is 1.45 bits per heavy atom. The summed E-state index contributed by atoms with van der Waals surface area (Å²) in [4.78, 5) is 0. The van der Waals surface area contributed by atoms with Crippen LogP contribution >= 0.6 is 0 Å². The van der Waals surface area contributed by atoms with Crippen molar-refractivity contribution < 1.29 is 104 Å². The predicted octanol–water partition coefficient (Wildman–Crippen LogP) is 4.74. The van der Waals surface area contributed by atoms with Crippen molar-refractivity contribution in [3.8, 4) is 0 Å². The minimum absolute atomic E-state index is 0. The van der Waals surface area contributed by atoms with Gasteiger partial charge in [0.1, 0.15) is 0 Å². The zero-order chi connectivity index (χ0) is 14.5. The normalized spacial score (nSPS) is 11.7. The maximum atomic E-state index is 3.62. The van der Waals surface area contributed by atoms with Gasteiger partial charge in [-0.15, -0.1) is 0 Å². The molecule has 0 aliphatic rings. The molecule has 0 nitrogen and oxygen atoms in total. The molecule has 0 unspecified atom stereocenters. The topological polar surface area (TPSA) is 0 Å².